The van der Waals surface area contributed by atoms with E-state index in [0.717, 1.165) is 31.4 Å². The summed E-state index contributed by atoms with van der Waals surface area (Å²) in [5.41, 5.74) is 2.78. The van der Waals surface area contributed by atoms with Crippen molar-refractivity contribution in [2.45, 2.75) is 39.2 Å². The van der Waals surface area contributed by atoms with Crippen molar-refractivity contribution in [2.24, 2.45) is 11.8 Å². The monoisotopic (exact) mass is 405 g/mol. The zero-order valence-corrected chi connectivity index (χ0v) is 17.2. The Morgan fingerprint density at radius 3 is 2.50 bits per heavy atom. The molecule has 6 nitrogen and oxygen atoms in total. The van der Waals surface area contributed by atoms with Gasteiger partial charge in [0.2, 0.25) is 11.8 Å². The molecule has 0 bridgehead atoms. The first-order valence-electron chi connectivity index (χ1n) is 10.6. The van der Waals surface area contributed by atoms with Crippen LogP contribution in [0.3, 0.4) is 0 Å². The summed E-state index contributed by atoms with van der Waals surface area (Å²) in [6, 6.07) is 14.5. The van der Waals surface area contributed by atoms with Crippen molar-refractivity contribution in [3.8, 4) is 0 Å². The molecule has 3 amide bonds. The lowest BCUT2D eigenvalue weighted by atomic mass is 10.1. The maximum Gasteiger partial charge on any atom is 0.255 e. The van der Waals surface area contributed by atoms with Crippen LogP contribution in [0.2, 0.25) is 0 Å². The topological polar surface area (TPSA) is 78.5 Å². The third-order valence-electron chi connectivity index (χ3n) is 5.82. The molecule has 2 N–H and O–H groups in total. The number of carbonyl (C=O) groups is 3. The number of benzene rings is 2. The third-order valence-corrected chi connectivity index (χ3v) is 5.82. The number of rotatable bonds is 6. The van der Waals surface area contributed by atoms with Gasteiger partial charge >= 0.3 is 0 Å². The highest BCUT2D eigenvalue weighted by Crippen LogP contribution is 2.38. The number of hydrogen-bond acceptors (Lipinski definition) is 3. The van der Waals surface area contributed by atoms with Crippen LogP contribution < -0.4 is 10.6 Å². The minimum absolute atomic E-state index is 0.0139. The van der Waals surface area contributed by atoms with Gasteiger partial charge in [-0.05, 0) is 61.1 Å². The molecule has 4 rings (SSSR count). The Morgan fingerprint density at radius 2 is 1.77 bits per heavy atom. The molecule has 1 aliphatic heterocycles. The largest absolute Gasteiger partial charge is 0.338 e. The van der Waals surface area contributed by atoms with Crippen LogP contribution in [0.25, 0.3) is 0 Å². The van der Waals surface area contributed by atoms with E-state index < -0.39 is 0 Å². The molecule has 2 aliphatic rings. The summed E-state index contributed by atoms with van der Waals surface area (Å²) in [5.74, 6) is 0.480. The summed E-state index contributed by atoms with van der Waals surface area (Å²) in [6.07, 6.45) is 3.54. The fourth-order valence-corrected chi connectivity index (χ4v) is 3.86. The van der Waals surface area contributed by atoms with E-state index in [1.165, 1.54) is 0 Å². The molecule has 0 radical (unpaired) electrons. The Hall–Kier alpha value is -3.15. The van der Waals surface area contributed by atoms with Crippen molar-refractivity contribution in [1.29, 1.82) is 0 Å². The molecule has 1 aliphatic carbocycles. The maximum absolute atomic E-state index is 12.7. The fraction of sp³-hybridized carbons (Fsp3) is 0.375. The molecule has 1 saturated carbocycles. The summed E-state index contributed by atoms with van der Waals surface area (Å²) >= 11 is 0. The fourth-order valence-electron chi connectivity index (χ4n) is 3.86. The second-order valence-electron chi connectivity index (χ2n) is 8.32. The van der Waals surface area contributed by atoms with Crippen molar-refractivity contribution in [2.75, 3.05) is 17.2 Å². The highest BCUT2D eigenvalue weighted by atomic mass is 16.2. The minimum atomic E-state index is -0.239. The van der Waals surface area contributed by atoms with E-state index in [0.29, 0.717) is 35.8 Å². The number of hydrogen-bond donors (Lipinski definition) is 2. The van der Waals surface area contributed by atoms with Gasteiger partial charge in [-0.2, -0.15) is 0 Å². The molecular weight excluding hydrogens is 378 g/mol. The minimum Gasteiger partial charge on any atom is -0.338 e. The predicted molar refractivity (Wildman–Crippen MR) is 116 cm³/mol. The molecule has 6 heteroatoms. The molecule has 30 heavy (non-hydrogen) atoms. The molecular formula is C24H27N3O3. The second kappa shape index (κ2) is 8.69. The lowest BCUT2D eigenvalue weighted by molar-refractivity contribution is -0.133. The normalized spacial score (nSPS) is 20.6. The Labute approximate surface area is 176 Å². The first kappa shape index (κ1) is 20.1. The standard InChI is InChI=1S/C24H27N3O3/c1-16-12-21(16)24(30)26-20-9-5-7-18(14-20)23(29)25-19-8-4-6-17(13-19)15-27-11-3-2-10-22(27)28/h4-9,13-14,16,21H,2-3,10-12,15H2,1H3,(H,25,29)(H,26,30). The van der Waals surface area contributed by atoms with Gasteiger partial charge in [0.15, 0.2) is 0 Å². The molecule has 1 heterocycles. The van der Waals surface area contributed by atoms with Gasteiger partial charge in [0.25, 0.3) is 5.91 Å². The van der Waals surface area contributed by atoms with Crippen molar-refractivity contribution in [3.63, 3.8) is 0 Å². The van der Waals surface area contributed by atoms with Gasteiger partial charge < -0.3 is 15.5 Å². The van der Waals surface area contributed by atoms with Gasteiger partial charge in [-0.15, -0.1) is 0 Å². The molecule has 2 unspecified atom stereocenters. The highest BCUT2D eigenvalue weighted by Gasteiger charge is 2.39. The number of amides is 3. The summed E-state index contributed by atoms with van der Waals surface area (Å²) < 4.78 is 0. The van der Waals surface area contributed by atoms with E-state index in [2.05, 4.69) is 17.6 Å². The lowest BCUT2D eigenvalue weighted by Crippen LogP contribution is -2.34. The number of likely N-dealkylation sites (tertiary alicyclic amines) is 1. The summed E-state index contributed by atoms with van der Waals surface area (Å²) in [4.78, 5) is 38.8. The average Bonchev–Trinajstić information content (AvgIpc) is 3.47. The van der Waals surface area contributed by atoms with Gasteiger partial charge in [-0.25, -0.2) is 0 Å². The van der Waals surface area contributed by atoms with Crippen LogP contribution in [-0.2, 0) is 16.1 Å². The molecule has 156 valence electrons. The number of piperidine rings is 1. The van der Waals surface area contributed by atoms with E-state index in [1.54, 1.807) is 24.3 Å². The number of carbonyl (C=O) groups excluding carboxylic acids is 3. The van der Waals surface area contributed by atoms with Crippen LogP contribution in [0.5, 0.6) is 0 Å². The van der Waals surface area contributed by atoms with Gasteiger partial charge in [0.05, 0.1) is 0 Å². The molecule has 2 atom stereocenters. The van der Waals surface area contributed by atoms with Crippen molar-refractivity contribution in [3.05, 3.63) is 59.7 Å². The molecule has 0 aromatic heterocycles. The highest BCUT2D eigenvalue weighted by molar-refractivity contribution is 6.05. The van der Waals surface area contributed by atoms with Crippen LogP contribution in [0.1, 0.15) is 48.5 Å². The van der Waals surface area contributed by atoms with Crippen LogP contribution >= 0.6 is 0 Å². The van der Waals surface area contributed by atoms with E-state index in [1.807, 2.05) is 29.2 Å². The van der Waals surface area contributed by atoms with E-state index in [-0.39, 0.29) is 23.6 Å². The Kier molecular flexibility index (Phi) is 5.84. The van der Waals surface area contributed by atoms with Crippen LogP contribution in [-0.4, -0.2) is 29.2 Å². The van der Waals surface area contributed by atoms with Gasteiger partial charge in [-0.1, -0.05) is 25.1 Å². The lowest BCUT2D eigenvalue weighted by Gasteiger charge is -2.26. The Bertz CT molecular complexity index is 972. The van der Waals surface area contributed by atoms with Crippen molar-refractivity contribution >= 4 is 29.1 Å². The van der Waals surface area contributed by atoms with Crippen LogP contribution in [0, 0.1) is 11.8 Å². The van der Waals surface area contributed by atoms with Crippen molar-refractivity contribution < 1.29 is 14.4 Å². The number of nitrogens with zero attached hydrogens (tertiary/aromatic N) is 1. The Balaban J connectivity index is 1.39. The molecule has 2 aromatic rings. The van der Waals surface area contributed by atoms with E-state index in [9.17, 15) is 14.4 Å². The molecule has 1 saturated heterocycles. The quantitative estimate of drug-likeness (QED) is 0.761. The Morgan fingerprint density at radius 1 is 1.03 bits per heavy atom. The average molecular weight is 405 g/mol. The van der Waals surface area contributed by atoms with Gasteiger partial charge in [0.1, 0.15) is 0 Å². The van der Waals surface area contributed by atoms with Gasteiger partial charge in [0, 0.05) is 42.4 Å². The zero-order chi connectivity index (χ0) is 21.1. The van der Waals surface area contributed by atoms with E-state index in [4.69, 9.17) is 0 Å². The molecule has 2 fully saturated rings. The SMILES string of the molecule is CC1CC1C(=O)Nc1cccc(C(=O)Nc2cccc(CN3CCCCC3=O)c2)c1. The van der Waals surface area contributed by atoms with Crippen molar-refractivity contribution in [1.82, 2.24) is 4.90 Å². The summed E-state index contributed by atoms with van der Waals surface area (Å²) in [6.45, 7) is 3.40. The summed E-state index contributed by atoms with van der Waals surface area (Å²) in [7, 11) is 0. The van der Waals surface area contributed by atoms with Crippen LogP contribution in [0.15, 0.2) is 48.5 Å². The first-order chi connectivity index (χ1) is 14.5. The third kappa shape index (κ3) is 4.87. The van der Waals surface area contributed by atoms with Gasteiger partial charge in [-0.3, -0.25) is 14.4 Å². The summed E-state index contributed by atoms with van der Waals surface area (Å²) in [5, 5.41) is 5.81. The molecule has 0 spiro atoms. The number of anilines is 2. The number of nitrogens with one attached hydrogen (secondary N) is 2. The van der Waals surface area contributed by atoms with Crippen LogP contribution in [0.4, 0.5) is 11.4 Å². The smallest absolute Gasteiger partial charge is 0.255 e. The molecule has 2 aromatic carbocycles. The predicted octanol–water partition coefficient (Wildman–Crippen LogP) is 4.05. The maximum atomic E-state index is 12.7. The second-order valence-corrected chi connectivity index (χ2v) is 8.32. The first-order valence-corrected chi connectivity index (χ1v) is 10.6. The zero-order valence-electron chi connectivity index (χ0n) is 17.2. The van der Waals surface area contributed by atoms with E-state index >= 15 is 0 Å².